The standard InChI is InChI=1S/C12H9BrF2N2/c1-7-2-3-9(14)5-11(7)17-12-10(15)4-8(13)6-16-12/h2-6H,1H3,(H,16,17). The summed E-state index contributed by atoms with van der Waals surface area (Å²) in [5.41, 5.74) is 1.31. The molecule has 1 aromatic heterocycles. The van der Waals surface area contributed by atoms with Crippen LogP contribution in [-0.2, 0) is 0 Å². The maximum atomic E-state index is 13.5. The average Bonchev–Trinajstić information content (AvgIpc) is 2.27. The zero-order chi connectivity index (χ0) is 12.4. The van der Waals surface area contributed by atoms with Gasteiger partial charge in [-0.3, -0.25) is 0 Å². The van der Waals surface area contributed by atoms with Crippen molar-refractivity contribution in [3.63, 3.8) is 0 Å². The lowest BCUT2D eigenvalue weighted by atomic mass is 10.2. The van der Waals surface area contributed by atoms with Crippen LogP contribution >= 0.6 is 15.9 Å². The van der Waals surface area contributed by atoms with Gasteiger partial charge < -0.3 is 5.32 Å². The summed E-state index contributed by atoms with van der Waals surface area (Å²) in [6, 6.07) is 5.57. The Balaban J connectivity index is 2.34. The fraction of sp³-hybridized carbons (Fsp3) is 0.0833. The number of hydrogen-bond donors (Lipinski definition) is 1. The van der Waals surface area contributed by atoms with Crippen LogP contribution in [-0.4, -0.2) is 4.98 Å². The quantitative estimate of drug-likeness (QED) is 0.900. The molecule has 17 heavy (non-hydrogen) atoms. The summed E-state index contributed by atoms with van der Waals surface area (Å²) >= 11 is 3.12. The van der Waals surface area contributed by atoms with E-state index in [9.17, 15) is 8.78 Å². The van der Waals surface area contributed by atoms with Crippen LogP contribution < -0.4 is 5.32 Å². The van der Waals surface area contributed by atoms with Crippen LogP contribution in [0.4, 0.5) is 20.3 Å². The maximum Gasteiger partial charge on any atom is 0.166 e. The van der Waals surface area contributed by atoms with Gasteiger partial charge in [-0.2, -0.15) is 0 Å². The third-order valence-corrected chi connectivity index (χ3v) is 2.69. The van der Waals surface area contributed by atoms with Gasteiger partial charge in [-0.05, 0) is 46.6 Å². The van der Waals surface area contributed by atoms with Gasteiger partial charge in [0.25, 0.3) is 0 Å². The predicted molar refractivity (Wildman–Crippen MR) is 66.3 cm³/mol. The molecule has 0 aliphatic heterocycles. The van der Waals surface area contributed by atoms with E-state index in [0.717, 1.165) is 5.56 Å². The number of rotatable bonds is 2. The highest BCUT2D eigenvalue weighted by atomic mass is 79.9. The van der Waals surface area contributed by atoms with Gasteiger partial charge in [-0.25, -0.2) is 13.8 Å². The molecule has 2 rings (SSSR count). The molecule has 0 bridgehead atoms. The van der Waals surface area contributed by atoms with Crippen LogP contribution in [0.15, 0.2) is 34.9 Å². The van der Waals surface area contributed by atoms with Crippen molar-refractivity contribution >= 4 is 27.4 Å². The predicted octanol–water partition coefficient (Wildman–Crippen LogP) is 4.17. The smallest absolute Gasteiger partial charge is 0.166 e. The van der Waals surface area contributed by atoms with E-state index in [2.05, 4.69) is 26.2 Å². The van der Waals surface area contributed by atoms with Crippen LogP contribution in [0.2, 0.25) is 0 Å². The highest BCUT2D eigenvalue weighted by molar-refractivity contribution is 9.10. The van der Waals surface area contributed by atoms with Crippen molar-refractivity contribution in [2.75, 3.05) is 5.32 Å². The molecule has 0 atom stereocenters. The average molecular weight is 299 g/mol. The number of aryl methyl sites for hydroxylation is 1. The first-order chi connectivity index (χ1) is 8.06. The summed E-state index contributed by atoms with van der Waals surface area (Å²) in [6.45, 7) is 1.80. The van der Waals surface area contributed by atoms with Crippen LogP contribution in [0.5, 0.6) is 0 Å². The van der Waals surface area contributed by atoms with Gasteiger partial charge in [-0.15, -0.1) is 0 Å². The SMILES string of the molecule is Cc1ccc(F)cc1Nc1ncc(Br)cc1F. The minimum absolute atomic E-state index is 0.0712. The highest BCUT2D eigenvalue weighted by Crippen LogP contribution is 2.23. The summed E-state index contributed by atoms with van der Waals surface area (Å²) < 4.78 is 27.1. The van der Waals surface area contributed by atoms with E-state index in [1.807, 2.05) is 0 Å². The lowest BCUT2D eigenvalue weighted by molar-refractivity contribution is 0.623. The molecule has 0 fully saturated rings. The van der Waals surface area contributed by atoms with Gasteiger partial charge in [0.1, 0.15) is 5.82 Å². The lowest BCUT2D eigenvalue weighted by Crippen LogP contribution is -1.99. The molecular formula is C12H9BrF2N2. The van der Waals surface area contributed by atoms with Crippen molar-refractivity contribution in [3.05, 3.63) is 52.1 Å². The van der Waals surface area contributed by atoms with E-state index in [1.54, 1.807) is 13.0 Å². The number of halogens is 3. The monoisotopic (exact) mass is 298 g/mol. The summed E-state index contributed by atoms with van der Waals surface area (Å²) in [7, 11) is 0. The molecule has 0 unspecified atom stereocenters. The molecule has 1 N–H and O–H groups in total. The number of aromatic nitrogens is 1. The van der Waals surface area contributed by atoms with Crippen molar-refractivity contribution in [2.24, 2.45) is 0 Å². The number of nitrogens with zero attached hydrogens (tertiary/aromatic N) is 1. The summed E-state index contributed by atoms with van der Waals surface area (Å²) in [5, 5.41) is 2.76. The number of nitrogens with one attached hydrogen (secondary N) is 1. The van der Waals surface area contributed by atoms with Crippen molar-refractivity contribution in [3.8, 4) is 0 Å². The minimum atomic E-state index is -0.497. The molecule has 2 nitrogen and oxygen atoms in total. The molecule has 88 valence electrons. The fourth-order valence-corrected chi connectivity index (χ4v) is 1.67. The normalized spacial score (nSPS) is 10.4. The summed E-state index contributed by atoms with van der Waals surface area (Å²) in [6.07, 6.45) is 1.47. The summed E-state index contributed by atoms with van der Waals surface area (Å²) in [5.74, 6) is -0.805. The molecule has 0 saturated carbocycles. The zero-order valence-electron chi connectivity index (χ0n) is 8.97. The molecule has 0 aliphatic rings. The molecule has 0 aliphatic carbocycles. The first kappa shape index (κ1) is 12.0. The van der Waals surface area contributed by atoms with E-state index >= 15 is 0 Å². The first-order valence-corrected chi connectivity index (χ1v) is 5.70. The van der Waals surface area contributed by atoms with Crippen LogP contribution in [0, 0.1) is 18.6 Å². The molecule has 2 aromatic rings. The number of benzene rings is 1. The van der Waals surface area contributed by atoms with E-state index in [0.29, 0.717) is 10.2 Å². The lowest BCUT2D eigenvalue weighted by Gasteiger charge is -2.09. The van der Waals surface area contributed by atoms with E-state index in [1.165, 1.54) is 24.4 Å². The van der Waals surface area contributed by atoms with Gasteiger partial charge in [0, 0.05) is 16.4 Å². The third kappa shape index (κ3) is 2.79. The Morgan fingerprint density at radius 1 is 1.24 bits per heavy atom. The second-order valence-electron chi connectivity index (χ2n) is 3.57. The zero-order valence-corrected chi connectivity index (χ0v) is 10.6. The van der Waals surface area contributed by atoms with Gasteiger partial charge >= 0.3 is 0 Å². The molecule has 0 radical (unpaired) electrons. The minimum Gasteiger partial charge on any atom is -0.337 e. The van der Waals surface area contributed by atoms with Crippen molar-refractivity contribution < 1.29 is 8.78 Å². The number of anilines is 2. The van der Waals surface area contributed by atoms with Crippen LogP contribution in [0.3, 0.4) is 0 Å². The number of hydrogen-bond acceptors (Lipinski definition) is 2. The molecule has 0 spiro atoms. The largest absolute Gasteiger partial charge is 0.337 e. The Morgan fingerprint density at radius 3 is 2.71 bits per heavy atom. The molecule has 0 amide bonds. The Morgan fingerprint density at radius 2 is 2.00 bits per heavy atom. The fourth-order valence-electron chi connectivity index (χ4n) is 1.36. The van der Waals surface area contributed by atoms with Gasteiger partial charge in [0.15, 0.2) is 11.6 Å². The molecule has 1 aromatic carbocycles. The van der Waals surface area contributed by atoms with Crippen molar-refractivity contribution in [1.29, 1.82) is 0 Å². The van der Waals surface area contributed by atoms with E-state index < -0.39 is 5.82 Å². The molecule has 1 heterocycles. The van der Waals surface area contributed by atoms with Crippen molar-refractivity contribution in [2.45, 2.75) is 6.92 Å². The Labute approximate surface area is 106 Å². The Bertz CT molecular complexity index is 558. The Kier molecular flexibility index (Phi) is 3.38. The van der Waals surface area contributed by atoms with E-state index in [-0.39, 0.29) is 11.6 Å². The van der Waals surface area contributed by atoms with Crippen molar-refractivity contribution in [1.82, 2.24) is 4.98 Å². The highest BCUT2D eigenvalue weighted by Gasteiger charge is 2.07. The molecule has 5 heteroatoms. The second-order valence-corrected chi connectivity index (χ2v) is 4.48. The first-order valence-electron chi connectivity index (χ1n) is 4.90. The van der Waals surface area contributed by atoms with Crippen LogP contribution in [0.25, 0.3) is 0 Å². The van der Waals surface area contributed by atoms with Gasteiger partial charge in [0.05, 0.1) is 0 Å². The van der Waals surface area contributed by atoms with Gasteiger partial charge in [-0.1, -0.05) is 6.07 Å². The van der Waals surface area contributed by atoms with Gasteiger partial charge in [0.2, 0.25) is 0 Å². The van der Waals surface area contributed by atoms with Crippen LogP contribution in [0.1, 0.15) is 5.56 Å². The Hall–Kier alpha value is -1.49. The third-order valence-electron chi connectivity index (χ3n) is 2.26. The van der Waals surface area contributed by atoms with E-state index in [4.69, 9.17) is 0 Å². The number of pyridine rings is 1. The maximum absolute atomic E-state index is 13.5. The topological polar surface area (TPSA) is 24.9 Å². The second kappa shape index (κ2) is 4.79. The molecular weight excluding hydrogens is 290 g/mol. The molecule has 0 saturated heterocycles. The summed E-state index contributed by atoms with van der Waals surface area (Å²) in [4.78, 5) is 3.89.